The van der Waals surface area contributed by atoms with E-state index in [1.807, 2.05) is 25.1 Å². The van der Waals surface area contributed by atoms with Crippen molar-refractivity contribution in [3.63, 3.8) is 0 Å². The molecule has 0 spiro atoms. The molecule has 7 nitrogen and oxygen atoms in total. The van der Waals surface area contributed by atoms with Crippen LogP contribution in [0.4, 0.5) is 16.2 Å². The van der Waals surface area contributed by atoms with Crippen LogP contribution in [0.5, 0.6) is 0 Å². The number of nitrogens with one attached hydrogen (secondary N) is 2. The first-order chi connectivity index (χ1) is 12.8. The van der Waals surface area contributed by atoms with E-state index in [4.69, 9.17) is 5.11 Å². The smallest absolute Gasteiger partial charge is 0.321 e. The van der Waals surface area contributed by atoms with E-state index in [9.17, 15) is 14.4 Å². The summed E-state index contributed by atoms with van der Waals surface area (Å²) >= 11 is 0. The number of nitrogens with zero attached hydrogens (tertiary/aromatic N) is 1. The van der Waals surface area contributed by atoms with Crippen LogP contribution in [0.15, 0.2) is 48.5 Å². The number of carbonyl (C=O) groups is 3. The fraction of sp³-hybridized carbons (Fsp3) is 0.250. The van der Waals surface area contributed by atoms with Gasteiger partial charge in [-0.15, -0.1) is 0 Å². The Balaban J connectivity index is 2.09. The van der Waals surface area contributed by atoms with E-state index in [-0.39, 0.29) is 12.5 Å². The van der Waals surface area contributed by atoms with Crippen LogP contribution < -0.4 is 10.6 Å². The molecule has 142 valence electrons. The van der Waals surface area contributed by atoms with Crippen molar-refractivity contribution in [2.45, 2.75) is 13.8 Å². The van der Waals surface area contributed by atoms with Gasteiger partial charge >= 0.3 is 12.0 Å². The molecule has 0 saturated heterocycles. The van der Waals surface area contributed by atoms with Gasteiger partial charge in [0.15, 0.2) is 0 Å². The summed E-state index contributed by atoms with van der Waals surface area (Å²) in [5, 5.41) is 14.5. The molecule has 7 heteroatoms. The molecule has 0 radical (unpaired) electrons. The largest absolute Gasteiger partial charge is 0.481 e. The van der Waals surface area contributed by atoms with Gasteiger partial charge in [-0.2, -0.15) is 0 Å². The summed E-state index contributed by atoms with van der Waals surface area (Å²) in [6.45, 7) is 3.43. The van der Waals surface area contributed by atoms with E-state index in [0.29, 0.717) is 16.9 Å². The zero-order valence-electron chi connectivity index (χ0n) is 15.5. The molecule has 0 aliphatic heterocycles. The number of para-hydroxylation sites is 1. The van der Waals surface area contributed by atoms with Gasteiger partial charge in [0, 0.05) is 30.5 Å². The number of carbonyl (C=O) groups excluding carboxylic acids is 2. The lowest BCUT2D eigenvalue weighted by Crippen LogP contribution is -2.36. The highest BCUT2D eigenvalue weighted by molar-refractivity contribution is 6.05. The van der Waals surface area contributed by atoms with Crippen LogP contribution in [-0.2, 0) is 4.79 Å². The number of anilines is 2. The highest BCUT2D eigenvalue weighted by atomic mass is 16.4. The maximum atomic E-state index is 12.4. The van der Waals surface area contributed by atoms with E-state index >= 15 is 0 Å². The minimum atomic E-state index is -0.967. The SMILES string of the molecule is Cc1ccc(C(=O)Nc2ccccc2)cc1NC(=O)N(C)CC(C)C(=O)O. The highest BCUT2D eigenvalue weighted by Gasteiger charge is 2.18. The topological polar surface area (TPSA) is 98.7 Å². The van der Waals surface area contributed by atoms with Gasteiger partial charge in [-0.05, 0) is 36.8 Å². The second-order valence-corrected chi connectivity index (χ2v) is 6.40. The van der Waals surface area contributed by atoms with E-state index in [1.54, 1.807) is 30.3 Å². The van der Waals surface area contributed by atoms with Gasteiger partial charge in [0.2, 0.25) is 0 Å². The maximum Gasteiger partial charge on any atom is 0.321 e. The lowest BCUT2D eigenvalue weighted by Gasteiger charge is -2.21. The summed E-state index contributed by atoms with van der Waals surface area (Å²) < 4.78 is 0. The number of carboxylic acid groups (broad SMARTS) is 1. The predicted molar refractivity (Wildman–Crippen MR) is 104 cm³/mol. The molecular formula is C20H23N3O4. The first kappa shape index (κ1) is 20.0. The number of hydrogen-bond acceptors (Lipinski definition) is 3. The van der Waals surface area contributed by atoms with Crippen molar-refractivity contribution >= 4 is 29.3 Å². The first-order valence-electron chi connectivity index (χ1n) is 8.50. The van der Waals surface area contributed by atoms with Crippen LogP contribution >= 0.6 is 0 Å². The minimum Gasteiger partial charge on any atom is -0.481 e. The quantitative estimate of drug-likeness (QED) is 0.726. The molecule has 0 heterocycles. The van der Waals surface area contributed by atoms with Gasteiger partial charge in [0.05, 0.1) is 5.92 Å². The molecule has 0 fully saturated rings. The molecule has 27 heavy (non-hydrogen) atoms. The number of rotatable bonds is 6. The van der Waals surface area contributed by atoms with Crippen molar-refractivity contribution in [3.8, 4) is 0 Å². The second kappa shape index (κ2) is 8.84. The fourth-order valence-corrected chi connectivity index (χ4v) is 2.41. The molecule has 2 aromatic carbocycles. The summed E-state index contributed by atoms with van der Waals surface area (Å²) in [6, 6.07) is 13.7. The van der Waals surface area contributed by atoms with Gasteiger partial charge < -0.3 is 20.6 Å². The molecular weight excluding hydrogens is 346 g/mol. The van der Waals surface area contributed by atoms with Gasteiger partial charge in [-0.25, -0.2) is 4.79 Å². The van der Waals surface area contributed by atoms with Crippen LogP contribution in [-0.4, -0.2) is 41.5 Å². The van der Waals surface area contributed by atoms with Crippen LogP contribution in [0.25, 0.3) is 0 Å². The van der Waals surface area contributed by atoms with Crippen molar-refractivity contribution in [2.75, 3.05) is 24.2 Å². The summed E-state index contributed by atoms with van der Waals surface area (Å²) in [6.07, 6.45) is 0. The van der Waals surface area contributed by atoms with Crippen LogP contribution in [0.2, 0.25) is 0 Å². The Morgan fingerprint density at radius 1 is 1.07 bits per heavy atom. The molecule has 3 amide bonds. The third-order valence-corrected chi connectivity index (χ3v) is 4.09. The van der Waals surface area contributed by atoms with E-state index in [0.717, 1.165) is 5.56 Å². The Morgan fingerprint density at radius 3 is 2.37 bits per heavy atom. The molecule has 0 aliphatic rings. The number of amides is 3. The predicted octanol–water partition coefficient (Wildman–Crippen LogP) is 3.43. The zero-order valence-corrected chi connectivity index (χ0v) is 15.5. The van der Waals surface area contributed by atoms with Gasteiger partial charge in [-0.1, -0.05) is 31.2 Å². The molecule has 2 aromatic rings. The molecule has 3 N–H and O–H groups in total. The fourth-order valence-electron chi connectivity index (χ4n) is 2.41. The molecule has 1 atom stereocenters. The Bertz CT molecular complexity index is 836. The minimum absolute atomic E-state index is 0.0778. The van der Waals surface area contributed by atoms with Gasteiger partial charge in [0.25, 0.3) is 5.91 Å². The number of urea groups is 1. The monoisotopic (exact) mass is 369 g/mol. The third kappa shape index (κ3) is 5.57. The van der Waals surface area contributed by atoms with Crippen molar-refractivity contribution in [3.05, 3.63) is 59.7 Å². The Labute approximate surface area is 158 Å². The van der Waals surface area contributed by atoms with Crippen molar-refractivity contribution in [1.29, 1.82) is 0 Å². The van der Waals surface area contributed by atoms with Crippen molar-refractivity contribution in [2.24, 2.45) is 5.92 Å². The Hall–Kier alpha value is -3.35. The number of aryl methyl sites for hydroxylation is 1. The zero-order chi connectivity index (χ0) is 20.0. The average molecular weight is 369 g/mol. The number of aliphatic carboxylic acids is 1. The van der Waals surface area contributed by atoms with Crippen LogP contribution in [0, 0.1) is 12.8 Å². The molecule has 0 aliphatic carbocycles. The lowest BCUT2D eigenvalue weighted by atomic mass is 10.1. The summed E-state index contributed by atoms with van der Waals surface area (Å²) in [4.78, 5) is 37.0. The van der Waals surface area contributed by atoms with Crippen LogP contribution in [0.3, 0.4) is 0 Å². The first-order valence-corrected chi connectivity index (χ1v) is 8.50. The Kier molecular flexibility index (Phi) is 6.54. The molecule has 0 bridgehead atoms. The van der Waals surface area contributed by atoms with E-state index in [1.165, 1.54) is 18.9 Å². The number of carboxylic acids is 1. The third-order valence-electron chi connectivity index (χ3n) is 4.09. The highest BCUT2D eigenvalue weighted by Crippen LogP contribution is 2.19. The van der Waals surface area contributed by atoms with E-state index in [2.05, 4.69) is 10.6 Å². The van der Waals surface area contributed by atoms with Crippen molar-refractivity contribution < 1.29 is 19.5 Å². The lowest BCUT2D eigenvalue weighted by molar-refractivity contribution is -0.141. The maximum absolute atomic E-state index is 12.4. The normalized spacial score (nSPS) is 11.4. The molecule has 0 saturated carbocycles. The summed E-state index contributed by atoms with van der Waals surface area (Å²) in [5.74, 6) is -1.93. The summed E-state index contributed by atoms with van der Waals surface area (Å²) in [7, 11) is 1.52. The molecule has 1 unspecified atom stereocenters. The summed E-state index contributed by atoms with van der Waals surface area (Å²) in [5.41, 5.74) is 2.37. The van der Waals surface area contributed by atoms with Crippen molar-refractivity contribution in [1.82, 2.24) is 4.90 Å². The van der Waals surface area contributed by atoms with Gasteiger partial charge in [0.1, 0.15) is 0 Å². The second-order valence-electron chi connectivity index (χ2n) is 6.40. The van der Waals surface area contributed by atoms with E-state index < -0.39 is 17.9 Å². The molecule has 0 aromatic heterocycles. The standard InChI is InChI=1S/C20H23N3O4/c1-13-9-10-15(18(24)21-16-7-5-4-6-8-16)11-17(13)22-20(27)23(3)12-14(2)19(25)26/h4-11,14H,12H2,1-3H3,(H,21,24)(H,22,27)(H,25,26). The number of hydrogen-bond donors (Lipinski definition) is 3. The Morgan fingerprint density at radius 2 is 1.74 bits per heavy atom. The average Bonchev–Trinajstić information content (AvgIpc) is 2.63. The molecule has 2 rings (SSSR count). The number of benzene rings is 2. The van der Waals surface area contributed by atoms with Gasteiger partial charge in [-0.3, -0.25) is 9.59 Å². The van der Waals surface area contributed by atoms with Crippen LogP contribution in [0.1, 0.15) is 22.8 Å².